The summed E-state index contributed by atoms with van der Waals surface area (Å²) >= 11 is 0. The van der Waals surface area contributed by atoms with Crippen LogP contribution in [0.2, 0.25) is 0 Å². The van der Waals surface area contributed by atoms with Gasteiger partial charge in [-0.05, 0) is 43.2 Å². The Morgan fingerprint density at radius 3 is 3.00 bits per heavy atom. The van der Waals surface area contributed by atoms with E-state index in [4.69, 9.17) is 5.11 Å². The van der Waals surface area contributed by atoms with E-state index in [0.717, 1.165) is 19.3 Å². The molecular formula is C12H16O. The van der Waals surface area contributed by atoms with Gasteiger partial charge in [0.25, 0.3) is 0 Å². The van der Waals surface area contributed by atoms with Crippen LogP contribution in [0.3, 0.4) is 0 Å². The first-order valence-corrected chi connectivity index (χ1v) is 4.99. The Labute approximate surface area is 79.4 Å². The average Bonchev–Trinajstić information content (AvgIpc) is 2.17. The van der Waals surface area contributed by atoms with E-state index in [1.165, 1.54) is 16.7 Å². The number of aliphatic hydroxyl groups is 1. The fraction of sp³-hybridized carbons (Fsp3) is 0.500. The van der Waals surface area contributed by atoms with Gasteiger partial charge in [0.05, 0.1) is 0 Å². The van der Waals surface area contributed by atoms with E-state index >= 15 is 0 Å². The first-order chi connectivity index (χ1) is 6.29. The van der Waals surface area contributed by atoms with Crippen LogP contribution in [0.1, 0.15) is 23.1 Å². The Hall–Kier alpha value is -0.820. The molecule has 0 heterocycles. The Morgan fingerprint density at radius 2 is 2.23 bits per heavy atom. The number of fused-ring (bicyclic) bond motifs is 1. The maximum atomic E-state index is 9.07. The molecule has 1 aromatic rings. The summed E-state index contributed by atoms with van der Waals surface area (Å²) in [4.78, 5) is 0. The van der Waals surface area contributed by atoms with Crippen LogP contribution in [0.25, 0.3) is 0 Å². The topological polar surface area (TPSA) is 20.2 Å². The predicted octanol–water partition coefficient (Wildman–Crippen LogP) is 2.09. The number of hydrogen-bond acceptors (Lipinski definition) is 1. The summed E-state index contributed by atoms with van der Waals surface area (Å²) in [6.45, 7) is 2.48. The van der Waals surface area contributed by atoms with Crippen molar-refractivity contribution in [2.75, 3.05) is 6.61 Å². The van der Waals surface area contributed by atoms with Crippen molar-refractivity contribution in [2.45, 2.75) is 26.2 Å². The normalized spacial score (nSPS) is 21.2. The lowest BCUT2D eigenvalue weighted by Crippen LogP contribution is -2.17. The van der Waals surface area contributed by atoms with Gasteiger partial charge in [0.15, 0.2) is 0 Å². The van der Waals surface area contributed by atoms with E-state index in [9.17, 15) is 0 Å². The molecule has 1 aliphatic carbocycles. The Bertz CT molecular complexity index is 304. The van der Waals surface area contributed by atoms with Crippen molar-refractivity contribution in [1.29, 1.82) is 0 Å². The van der Waals surface area contributed by atoms with E-state index < -0.39 is 0 Å². The van der Waals surface area contributed by atoms with Gasteiger partial charge in [-0.2, -0.15) is 0 Å². The summed E-state index contributed by atoms with van der Waals surface area (Å²) in [5.41, 5.74) is 4.28. The van der Waals surface area contributed by atoms with Gasteiger partial charge in [-0.25, -0.2) is 0 Å². The van der Waals surface area contributed by atoms with E-state index in [0.29, 0.717) is 12.5 Å². The predicted molar refractivity (Wildman–Crippen MR) is 53.8 cm³/mol. The lowest BCUT2D eigenvalue weighted by Gasteiger charge is -2.23. The fourth-order valence-electron chi connectivity index (χ4n) is 2.12. The minimum Gasteiger partial charge on any atom is -0.396 e. The van der Waals surface area contributed by atoms with Crippen LogP contribution < -0.4 is 0 Å². The van der Waals surface area contributed by atoms with Gasteiger partial charge >= 0.3 is 0 Å². The molecule has 70 valence electrons. The molecule has 1 nitrogen and oxygen atoms in total. The highest BCUT2D eigenvalue weighted by Gasteiger charge is 2.17. The molecular weight excluding hydrogens is 160 g/mol. The molecule has 0 bridgehead atoms. The molecule has 0 saturated heterocycles. The number of aliphatic hydroxyl groups excluding tert-OH is 1. The zero-order valence-electron chi connectivity index (χ0n) is 8.09. The fourth-order valence-corrected chi connectivity index (χ4v) is 2.12. The van der Waals surface area contributed by atoms with Gasteiger partial charge in [0, 0.05) is 6.61 Å². The van der Waals surface area contributed by atoms with Crippen molar-refractivity contribution in [3.63, 3.8) is 0 Å². The van der Waals surface area contributed by atoms with Gasteiger partial charge < -0.3 is 5.11 Å². The van der Waals surface area contributed by atoms with Crippen LogP contribution in [0.5, 0.6) is 0 Å². The van der Waals surface area contributed by atoms with Crippen LogP contribution in [0.15, 0.2) is 18.2 Å². The van der Waals surface area contributed by atoms with Crippen molar-refractivity contribution >= 4 is 0 Å². The summed E-state index contributed by atoms with van der Waals surface area (Å²) in [7, 11) is 0. The van der Waals surface area contributed by atoms with Crippen LogP contribution in [-0.4, -0.2) is 11.7 Å². The smallest absolute Gasteiger partial charge is 0.0462 e. The first-order valence-electron chi connectivity index (χ1n) is 4.99. The standard InChI is InChI=1S/C12H16O/c1-9-2-4-12-7-10(8-13)3-5-11(12)6-9/h2,4,6,10,13H,3,5,7-8H2,1H3. The Morgan fingerprint density at radius 1 is 1.38 bits per heavy atom. The highest BCUT2D eigenvalue weighted by atomic mass is 16.3. The van der Waals surface area contributed by atoms with Crippen LogP contribution in [0, 0.1) is 12.8 Å². The molecule has 1 atom stereocenters. The molecule has 1 N–H and O–H groups in total. The van der Waals surface area contributed by atoms with E-state index in [1.807, 2.05) is 0 Å². The quantitative estimate of drug-likeness (QED) is 0.694. The number of aryl methyl sites for hydroxylation is 2. The van der Waals surface area contributed by atoms with Crippen LogP contribution in [-0.2, 0) is 12.8 Å². The van der Waals surface area contributed by atoms with E-state index in [2.05, 4.69) is 25.1 Å². The highest BCUT2D eigenvalue weighted by Crippen LogP contribution is 2.25. The molecule has 0 radical (unpaired) electrons. The molecule has 0 amide bonds. The number of benzene rings is 1. The average molecular weight is 176 g/mol. The van der Waals surface area contributed by atoms with Crippen molar-refractivity contribution < 1.29 is 5.11 Å². The number of rotatable bonds is 1. The van der Waals surface area contributed by atoms with Gasteiger partial charge in [-0.15, -0.1) is 0 Å². The van der Waals surface area contributed by atoms with Crippen molar-refractivity contribution in [3.05, 3.63) is 34.9 Å². The minimum atomic E-state index is 0.341. The molecule has 13 heavy (non-hydrogen) atoms. The second-order valence-corrected chi connectivity index (χ2v) is 4.06. The maximum absolute atomic E-state index is 9.07. The van der Waals surface area contributed by atoms with E-state index in [-0.39, 0.29) is 0 Å². The number of hydrogen-bond donors (Lipinski definition) is 1. The minimum absolute atomic E-state index is 0.341. The lowest BCUT2D eigenvalue weighted by atomic mass is 9.84. The van der Waals surface area contributed by atoms with Crippen molar-refractivity contribution in [2.24, 2.45) is 5.92 Å². The van der Waals surface area contributed by atoms with Gasteiger partial charge in [0.2, 0.25) is 0 Å². The SMILES string of the molecule is Cc1ccc2c(c1)CCC(CO)C2. The molecule has 0 saturated carbocycles. The first kappa shape index (κ1) is 8.76. The molecule has 0 fully saturated rings. The molecule has 1 heteroatoms. The zero-order valence-corrected chi connectivity index (χ0v) is 8.09. The molecule has 2 rings (SSSR count). The lowest BCUT2D eigenvalue weighted by molar-refractivity contribution is 0.213. The van der Waals surface area contributed by atoms with Crippen molar-refractivity contribution in [1.82, 2.24) is 0 Å². The molecule has 1 unspecified atom stereocenters. The second-order valence-electron chi connectivity index (χ2n) is 4.06. The van der Waals surface area contributed by atoms with E-state index in [1.54, 1.807) is 0 Å². The third-order valence-electron chi connectivity index (χ3n) is 2.95. The summed E-state index contributed by atoms with van der Waals surface area (Å²) in [5.74, 6) is 0.496. The molecule has 1 aromatic carbocycles. The zero-order chi connectivity index (χ0) is 9.26. The Kier molecular flexibility index (Phi) is 2.36. The van der Waals surface area contributed by atoms with Gasteiger partial charge in [-0.3, -0.25) is 0 Å². The monoisotopic (exact) mass is 176 g/mol. The largest absolute Gasteiger partial charge is 0.396 e. The summed E-state index contributed by atoms with van der Waals surface area (Å²) < 4.78 is 0. The maximum Gasteiger partial charge on any atom is 0.0462 e. The van der Waals surface area contributed by atoms with Crippen LogP contribution in [0.4, 0.5) is 0 Å². The third kappa shape index (κ3) is 1.75. The van der Waals surface area contributed by atoms with Crippen LogP contribution >= 0.6 is 0 Å². The van der Waals surface area contributed by atoms with Gasteiger partial charge in [-0.1, -0.05) is 23.8 Å². The van der Waals surface area contributed by atoms with Crippen molar-refractivity contribution in [3.8, 4) is 0 Å². The summed E-state index contributed by atoms with van der Waals surface area (Å²) in [5, 5.41) is 9.07. The second kappa shape index (κ2) is 3.51. The molecule has 0 spiro atoms. The highest BCUT2D eigenvalue weighted by molar-refractivity contribution is 5.33. The summed E-state index contributed by atoms with van der Waals surface area (Å²) in [6, 6.07) is 6.66. The Balaban J connectivity index is 2.26. The third-order valence-corrected chi connectivity index (χ3v) is 2.95. The molecule has 0 aromatic heterocycles. The molecule has 0 aliphatic heterocycles. The van der Waals surface area contributed by atoms with Gasteiger partial charge in [0.1, 0.15) is 0 Å². The summed E-state index contributed by atoms with van der Waals surface area (Å²) in [6.07, 6.45) is 3.35. The molecule has 1 aliphatic rings.